The summed E-state index contributed by atoms with van der Waals surface area (Å²) in [6.45, 7) is 5.89. The third-order valence-corrected chi connectivity index (χ3v) is 5.73. The van der Waals surface area contributed by atoms with Crippen molar-refractivity contribution in [2.75, 3.05) is 0 Å². The van der Waals surface area contributed by atoms with E-state index in [0.29, 0.717) is 17.3 Å². The fraction of sp³-hybridized carbons (Fsp3) is 0.267. The Morgan fingerprint density at radius 3 is 2.57 bits per heavy atom. The van der Waals surface area contributed by atoms with Crippen LogP contribution < -0.4 is 5.32 Å². The van der Waals surface area contributed by atoms with Crippen molar-refractivity contribution in [1.29, 1.82) is 10.8 Å². The van der Waals surface area contributed by atoms with Gasteiger partial charge in [0.2, 0.25) is 0 Å². The third kappa shape index (κ3) is 7.57. The van der Waals surface area contributed by atoms with Crippen LogP contribution in [0.3, 0.4) is 0 Å². The molecule has 0 amide bonds. The molecule has 0 aromatic heterocycles. The van der Waals surface area contributed by atoms with E-state index in [1.807, 2.05) is 81.5 Å². The number of hydrogen-bond donors (Lipinski definition) is 3. The van der Waals surface area contributed by atoms with E-state index < -0.39 is 0 Å². The predicted octanol–water partition coefficient (Wildman–Crippen LogP) is 6.74. The fourth-order valence-electron chi connectivity index (χ4n) is 3.81. The first-order valence-electron chi connectivity index (χ1n) is 12.2. The Balaban J connectivity index is 1.92. The fourth-order valence-corrected chi connectivity index (χ4v) is 3.81. The van der Waals surface area contributed by atoms with Gasteiger partial charge < -0.3 is 10.7 Å². The van der Waals surface area contributed by atoms with E-state index >= 15 is 0 Å². The van der Waals surface area contributed by atoms with Gasteiger partial charge in [0.05, 0.1) is 11.4 Å². The van der Waals surface area contributed by atoms with Crippen molar-refractivity contribution in [3.63, 3.8) is 0 Å². The summed E-state index contributed by atoms with van der Waals surface area (Å²) in [6, 6.07) is 9.49. The molecule has 0 spiro atoms. The molecular weight excluding hydrogens is 430 g/mol. The predicted molar refractivity (Wildman–Crippen MR) is 150 cm³/mol. The molecule has 0 bridgehead atoms. The zero-order valence-electron chi connectivity index (χ0n) is 20.8. The SMILES string of the molecule is C\C=C/C=C(C)/C(=N/C(=N)c1ccccc1)NC(C)/N=C(\C(=N)C1C=CC=CC1)C1=CCCC=C1. The maximum absolute atomic E-state index is 8.95. The smallest absolute Gasteiger partial charge is 0.154 e. The van der Waals surface area contributed by atoms with Crippen LogP contribution in [0, 0.1) is 16.7 Å². The number of amidine groups is 2. The van der Waals surface area contributed by atoms with Crippen LogP contribution in [-0.4, -0.2) is 29.3 Å². The van der Waals surface area contributed by atoms with Gasteiger partial charge in [-0.2, -0.15) is 0 Å². The van der Waals surface area contributed by atoms with E-state index in [1.54, 1.807) is 0 Å². The van der Waals surface area contributed by atoms with Crippen molar-refractivity contribution in [1.82, 2.24) is 5.32 Å². The summed E-state index contributed by atoms with van der Waals surface area (Å²) in [5.41, 5.74) is 3.88. The van der Waals surface area contributed by atoms with E-state index in [4.69, 9.17) is 15.8 Å². The highest BCUT2D eigenvalue weighted by Gasteiger charge is 2.21. The van der Waals surface area contributed by atoms with Crippen molar-refractivity contribution in [2.45, 2.75) is 46.2 Å². The van der Waals surface area contributed by atoms with Gasteiger partial charge in [-0.15, -0.1) is 0 Å². The molecule has 35 heavy (non-hydrogen) atoms. The molecule has 0 heterocycles. The summed E-state index contributed by atoms with van der Waals surface area (Å²) in [7, 11) is 0. The maximum atomic E-state index is 8.95. The third-order valence-electron chi connectivity index (χ3n) is 5.73. The summed E-state index contributed by atoms with van der Waals surface area (Å²) in [6.07, 6.45) is 22.9. The lowest BCUT2D eigenvalue weighted by atomic mass is 9.88. The maximum Gasteiger partial charge on any atom is 0.154 e. The quantitative estimate of drug-likeness (QED) is 0.222. The molecule has 2 aliphatic carbocycles. The summed E-state index contributed by atoms with van der Waals surface area (Å²) >= 11 is 0. The van der Waals surface area contributed by atoms with Crippen molar-refractivity contribution in [2.24, 2.45) is 15.9 Å². The van der Waals surface area contributed by atoms with Crippen LogP contribution in [0.5, 0.6) is 0 Å². The van der Waals surface area contributed by atoms with Crippen LogP contribution in [-0.2, 0) is 0 Å². The van der Waals surface area contributed by atoms with Crippen LogP contribution >= 0.6 is 0 Å². The van der Waals surface area contributed by atoms with E-state index in [-0.39, 0.29) is 17.9 Å². The van der Waals surface area contributed by atoms with Crippen molar-refractivity contribution >= 4 is 23.1 Å². The molecule has 3 N–H and O–H groups in total. The molecular formula is C30H35N5. The molecule has 0 fully saturated rings. The van der Waals surface area contributed by atoms with E-state index in [9.17, 15) is 0 Å². The summed E-state index contributed by atoms with van der Waals surface area (Å²) in [5.74, 6) is 0.785. The van der Waals surface area contributed by atoms with Gasteiger partial charge in [-0.25, -0.2) is 4.99 Å². The van der Waals surface area contributed by atoms with Gasteiger partial charge in [-0.05, 0) is 51.2 Å². The highest BCUT2D eigenvalue weighted by molar-refractivity contribution is 6.49. The highest BCUT2D eigenvalue weighted by Crippen LogP contribution is 2.20. The molecule has 0 saturated heterocycles. The Bertz CT molecular complexity index is 1160. The van der Waals surface area contributed by atoms with Crippen LogP contribution in [0.4, 0.5) is 0 Å². The Labute approximate surface area is 209 Å². The van der Waals surface area contributed by atoms with Gasteiger partial charge in [0.25, 0.3) is 0 Å². The number of rotatable bonds is 8. The summed E-state index contributed by atoms with van der Waals surface area (Å²) in [4.78, 5) is 9.57. The monoisotopic (exact) mass is 465 g/mol. The zero-order chi connectivity index (χ0) is 25.0. The second kappa shape index (κ2) is 13.1. The summed E-state index contributed by atoms with van der Waals surface area (Å²) < 4.78 is 0. The minimum absolute atomic E-state index is 0.0119. The number of benzene rings is 1. The molecule has 2 unspecified atom stereocenters. The van der Waals surface area contributed by atoms with E-state index in [0.717, 1.165) is 36.0 Å². The second-order valence-corrected chi connectivity index (χ2v) is 8.56. The molecule has 0 radical (unpaired) electrons. The van der Waals surface area contributed by atoms with Crippen molar-refractivity contribution in [3.8, 4) is 0 Å². The van der Waals surface area contributed by atoms with Gasteiger partial charge in [0, 0.05) is 11.5 Å². The van der Waals surface area contributed by atoms with Crippen LogP contribution in [0.25, 0.3) is 0 Å². The minimum Gasteiger partial charge on any atom is -0.348 e. The number of allylic oxidation sites excluding steroid dienone is 11. The Morgan fingerprint density at radius 1 is 1.11 bits per heavy atom. The Morgan fingerprint density at radius 2 is 1.91 bits per heavy atom. The van der Waals surface area contributed by atoms with Gasteiger partial charge >= 0.3 is 0 Å². The minimum atomic E-state index is -0.346. The molecule has 180 valence electrons. The first-order valence-corrected chi connectivity index (χ1v) is 12.2. The average molecular weight is 466 g/mol. The normalized spacial score (nSPS) is 19.6. The van der Waals surface area contributed by atoms with Crippen LogP contribution in [0.1, 0.15) is 45.6 Å². The van der Waals surface area contributed by atoms with Crippen molar-refractivity contribution in [3.05, 3.63) is 108 Å². The van der Waals surface area contributed by atoms with Gasteiger partial charge in [0.1, 0.15) is 12.0 Å². The molecule has 1 aromatic rings. The second-order valence-electron chi connectivity index (χ2n) is 8.56. The van der Waals surface area contributed by atoms with Gasteiger partial charge in [0.15, 0.2) is 5.84 Å². The first-order chi connectivity index (χ1) is 17.0. The molecule has 5 nitrogen and oxygen atoms in total. The summed E-state index contributed by atoms with van der Waals surface area (Å²) in [5, 5.41) is 20.8. The zero-order valence-corrected chi connectivity index (χ0v) is 20.8. The highest BCUT2D eigenvalue weighted by atomic mass is 15.1. The van der Waals surface area contributed by atoms with Crippen LogP contribution in [0.15, 0.2) is 112 Å². The molecule has 1 aromatic carbocycles. The molecule has 0 saturated carbocycles. The lowest BCUT2D eigenvalue weighted by Gasteiger charge is -2.21. The van der Waals surface area contributed by atoms with Gasteiger partial charge in [-0.3, -0.25) is 10.4 Å². The Hall–Kier alpha value is -3.86. The average Bonchev–Trinajstić information content (AvgIpc) is 2.91. The largest absolute Gasteiger partial charge is 0.348 e. The molecule has 2 aliphatic rings. The molecule has 5 heteroatoms. The Kier molecular flexibility index (Phi) is 9.67. The number of aliphatic imine (C=N–C) groups is 2. The molecule has 3 rings (SSSR count). The lowest BCUT2D eigenvalue weighted by molar-refractivity contribution is 0.701. The van der Waals surface area contributed by atoms with Crippen molar-refractivity contribution < 1.29 is 0 Å². The lowest BCUT2D eigenvalue weighted by Crippen LogP contribution is -2.35. The number of nitrogens with one attached hydrogen (secondary N) is 3. The van der Waals surface area contributed by atoms with Crippen LogP contribution in [0.2, 0.25) is 0 Å². The molecule has 2 atom stereocenters. The van der Waals surface area contributed by atoms with E-state index in [2.05, 4.69) is 40.7 Å². The first kappa shape index (κ1) is 25.8. The number of hydrogen-bond acceptors (Lipinski definition) is 3. The standard InChI is InChI=1S/C30H35N5/c1-4-5-15-22(2)30(35-29(32)26-20-13-8-14-21-26)34-23(3)33-28(25-18-11-7-12-19-25)27(31)24-16-9-6-10-17-24/h4-6,8-11,13-16,18-21,23-24,31H,7,12,17H2,1-3H3,(H2,32,34,35)/b5-4-,22-15+,31-27?,33-28-. The van der Waals surface area contributed by atoms with Gasteiger partial charge in [-0.1, -0.05) is 91.1 Å². The molecule has 0 aliphatic heterocycles. The van der Waals surface area contributed by atoms with E-state index in [1.165, 1.54) is 0 Å². The number of nitrogens with zero attached hydrogens (tertiary/aromatic N) is 2. The topological polar surface area (TPSA) is 84.5 Å².